The van der Waals surface area contributed by atoms with Crippen molar-refractivity contribution in [2.75, 3.05) is 19.7 Å². The molecule has 3 aromatic rings. The third-order valence-corrected chi connectivity index (χ3v) is 5.97. The van der Waals surface area contributed by atoms with E-state index in [1.54, 1.807) is 42.9 Å². The predicted molar refractivity (Wildman–Crippen MR) is 115 cm³/mol. The van der Waals surface area contributed by atoms with E-state index in [0.29, 0.717) is 43.1 Å². The minimum absolute atomic E-state index is 0.0643. The highest BCUT2D eigenvalue weighted by Crippen LogP contribution is 2.36. The van der Waals surface area contributed by atoms with Gasteiger partial charge in [0.25, 0.3) is 5.91 Å². The molecular weight excluding hydrogens is 411 g/mol. The third-order valence-electron chi connectivity index (χ3n) is 5.97. The number of likely N-dealkylation sites (tertiary alicyclic amines) is 1. The highest BCUT2D eigenvalue weighted by atomic mass is 19.1. The number of piperidine rings is 1. The van der Waals surface area contributed by atoms with Crippen molar-refractivity contribution >= 4 is 5.91 Å². The molecule has 2 aliphatic rings. The van der Waals surface area contributed by atoms with Crippen LogP contribution in [0.1, 0.15) is 29.6 Å². The maximum atomic E-state index is 13.4. The Kier molecular flexibility index (Phi) is 5.53. The molecule has 0 saturated carbocycles. The summed E-state index contributed by atoms with van der Waals surface area (Å²) in [5.41, 5.74) is 1.62. The first kappa shape index (κ1) is 20.5. The molecule has 5 rings (SSSR count). The summed E-state index contributed by atoms with van der Waals surface area (Å²) in [5, 5.41) is 0. The van der Waals surface area contributed by atoms with Crippen LogP contribution in [-0.4, -0.2) is 57.2 Å². The van der Waals surface area contributed by atoms with Crippen molar-refractivity contribution in [3.05, 3.63) is 72.7 Å². The number of hydrogen-bond donors (Lipinski definition) is 0. The number of nitrogens with zero attached hydrogens (tertiary/aromatic N) is 4. The Morgan fingerprint density at radius 2 is 2.06 bits per heavy atom. The number of ether oxygens (including phenoxy) is 2. The van der Waals surface area contributed by atoms with Gasteiger partial charge < -0.3 is 14.4 Å². The lowest BCUT2D eigenvalue weighted by Crippen LogP contribution is -2.50. The van der Waals surface area contributed by atoms with Gasteiger partial charge in [0, 0.05) is 43.2 Å². The van der Waals surface area contributed by atoms with Crippen LogP contribution in [0.4, 0.5) is 4.39 Å². The molecule has 1 amide bonds. The highest BCUT2D eigenvalue weighted by Gasteiger charge is 2.45. The van der Waals surface area contributed by atoms with Gasteiger partial charge in [0.15, 0.2) is 0 Å². The van der Waals surface area contributed by atoms with Crippen LogP contribution < -0.4 is 4.74 Å². The molecule has 1 spiro atoms. The van der Waals surface area contributed by atoms with E-state index in [-0.39, 0.29) is 17.8 Å². The van der Waals surface area contributed by atoms with Crippen LogP contribution in [0.15, 0.2) is 61.3 Å². The molecular formula is C24H23FN4O3. The smallest absolute Gasteiger partial charge is 0.255 e. The van der Waals surface area contributed by atoms with Gasteiger partial charge in [-0.15, -0.1) is 0 Å². The summed E-state index contributed by atoms with van der Waals surface area (Å²) >= 11 is 0. The van der Waals surface area contributed by atoms with Gasteiger partial charge >= 0.3 is 0 Å². The number of benzene rings is 1. The lowest BCUT2D eigenvalue weighted by Gasteiger charge is -2.39. The lowest BCUT2D eigenvalue weighted by molar-refractivity contribution is -0.0453. The van der Waals surface area contributed by atoms with E-state index in [2.05, 4.69) is 15.0 Å². The molecule has 2 atom stereocenters. The van der Waals surface area contributed by atoms with Crippen LogP contribution in [-0.2, 0) is 4.74 Å². The van der Waals surface area contributed by atoms with Gasteiger partial charge in [-0.25, -0.2) is 14.4 Å². The Hall–Kier alpha value is -3.39. The number of rotatable bonds is 4. The molecule has 2 fully saturated rings. The second kappa shape index (κ2) is 8.63. The number of aromatic nitrogens is 3. The van der Waals surface area contributed by atoms with Gasteiger partial charge in [0.05, 0.1) is 30.0 Å². The summed E-state index contributed by atoms with van der Waals surface area (Å²) in [6.07, 6.45) is 8.65. The number of carbonyl (C=O) groups is 1. The van der Waals surface area contributed by atoms with E-state index >= 15 is 0 Å². The van der Waals surface area contributed by atoms with E-state index in [1.807, 2.05) is 4.90 Å². The first-order valence-corrected chi connectivity index (χ1v) is 10.7. The maximum absolute atomic E-state index is 13.4. The molecule has 1 aromatic carbocycles. The van der Waals surface area contributed by atoms with E-state index < -0.39 is 5.60 Å². The summed E-state index contributed by atoms with van der Waals surface area (Å²) in [5.74, 6) is 0.102. The van der Waals surface area contributed by atoms with Gasteiger partial charge in [-0.05, 0) is 37.1 Å². The number of pyridine rings is 1. The third kappa shape index (κ3) is 4.31. The molecule has 0 aliphatic carbocycles. The topological polar surface area (TPSA) is 77.4 Å². The van der Waals surface area contributed by atoms with E-state index in [4.69, 9.17) is 9.47 Å². The van der Waals surface area contributed by atoms with Crippen LogP contribution in [0.2, 0.25) is 0 Å². The molecule has 32 heavy (non-hydrogen) atoms. The van der Waals surface area contributed by atoms with Crippen molar-refractivity contribution in [1.82, 2.24) is 19.9 Å². The van der Waals surface area contributed by atoms with Crippen LogP contribution >= 0.6 is 0 Å². The van der Waals surface area contributed by atoms with Crippen molar-refractivity contribution < 1.29 is 18.7 Å². The fourth-order valence-electron chi connectivity index (χ4n) is 4.47. The number of amides is 1. The number of hydrogen-bond acceptors (Lipinski definition) is 6. The summed E-state index contributed by atoms with van der Waals surface area (Å²) in [7, 11) is 0. The van der Waals surface area contributed by atoms with Gasteiger partial charge in [0.1, 0.15) is 24.0 Å². The monoisotopic (exact) mass is 434 g/mol. The molecule has 8 heteroatoms. The standard InChI is InChI=1S/C24H23FN4O3/c25-19-3-1-4-20(9-19)32-21-10-24(31-14-21)7-2-8-29(15-24)23(30)17-5-6-22(28-13-17)18-11-26-16-27-12-18/h1,3-6,9,11-13,16,21H,2,7-8,10,14-15H2/t21-,24+/m1/s1. The zero-order valence-corrected chi connectivity index (χ0v) is 17.5. The van der Waals surface area contributed by atoms with Crippen LogP contribution in [0.5, 0.6) is 5.75 Å². The zero-order chi connectivity index (χ0) is 22.0. The van der Waals surface area contributed by atoms with E-state index in [1.165, 1.54) is 18.5 Å². The molecule has 164 valence electrons. The molecule has 2 aromatic heterocycles. The first-order chi connectivity index (χ1) is 15.6. The van der Waals surface area contributed by atoms with Crippen LogP contribution in [0, 0.1) is 5.82 Å². The van der Waals surface area contributed by atoms with Crippen molar-refractivity contribution in [1.29, 1.82) is 0 Å². The average molecular weight is 434 g/mol. The van der Waals surface area contributed by atoms with E-state index in [9.17, 15) is 9.18 Å². The predicted octanol–water partition coefficient (Wildman–Crippen LogP) is 3.52. The average Bonchev–Trinajstić information content (AvgIpc) is 3.20. The molecule has 0 bridgehead atoms. The Balaban J connectivity index is 1.24. The van der Waals surface area contributed by atoms with Gasteiger partial charge in [0.2, 0.25) is 0 Å². The van der Waals surface area contributed by atoms with E-state index in [0.717, 1.165) is 18.4 Å². The Morgan fingerprint density at radius 3 is 2.84 bits per heavy atom. The van der Waals surface area contributed by atoms with Gasteiger partial charge in [-0.2, -0.15) is 0 Å². The number of halogens is 1. The highest BCUT2D eigenvalue weighted by molar-refractivity contribution is 5.94. The fourth-order valence-corrected chi connectivity index (χ4v) is 4.47. The largest absolute Gasteiger partial charge is 0.488 e. The van der Waals surface area contributed by atoms with Crippen LogP contribution in [0.25, 0.3) is 11.3 Å². The van der Waals surface area contributed by atoms with Crippen LogP contribution in [0.3, 0.4) is 0 Å². The summed E-state index contributed by atoms with van der Waals surface area (Å²) in [6, 6.07) is 9.72. The van der Waals surface area contributed by atoms with Crippen molar-refractivity contribution in [2.45, 2.75) is 31.0 Å². The normalized spacial score (nSPS) is 22.8. The molecule has 0 N–H and O–H groups in total. The van der Waals surface area contributed by atoms with Crippen molar-refractivity contribution in [3.8, 4) is 17.0 Å². The SMILES string of the molecule is O=C(c1ccc(-c2cncnc2)nc1)N1CCC[C@]2(C[C@@H](Oc3cccc(F)c3)CO2)C1. The summed E-state index contributed by atoms with van der Waals surface area (Å²) in [6.45, 7) is 1.60. The molecule has 2 aliphatic heterocycles. The first-order valence-electron chi connectivity index (χ1n) is 10.7. The molecule has 7 nitrogen and oxygen atoms in total. The second-order valence-corrected chi connectivity index (χ2v) is 8.28. The molecule has 0 radical (unpaired) electrons. The van der Waals surface area contributed by atoms with Gasteiger partial charge in [-0.1, -0.05) is 6.07 Å². The Morgan fingerprint density at radius 1 is 1.19 bits per heavy atom. The molecule has 0 unspecified atom stereocenters. The molecule has 4 heterocycles. The minimum Gasteiger partial charge on any atom is -0.488 e. The fraction of sp³-hybridized carbons (Fsp3) is 0.333. The van der Waals surface area contributed by atoms with Gasteiger partial charge in [-0.3, -0.25) is 9.78 Å². The molecule has 2 saturated heterocycles. The Labute approximate surface area is 185 Å². The summed E-state index contributed by atoms with van der Waals surface area (Å²) in [4.78, 5) is 27.4. The zero-order valence-electron chi connectivity index (χ0n) is 17.5. The minimum atomic E-state index is -0.430. The van der Waals surface area contributed by atoms with Crippen molar-refractivity contribution in [3.63, 3.8) is 0 Å². The van der Waals surface area contributed by atoms with Crippen molar-refractivity contribution in [2.24, 2.45) is 0 Å². The quantitative estimate of drug-likeness (QED) is 0.625. The second-order valence-electron chi connectivity index (χ2n) is 8.28. The lowest BCUT2D eigenvalue weighted by atomic mass is 9.89. The number of carbonyl (C=O) groups excluding carboxylic acids is 1. The Bertz CT molecular complexity index is 1100. The summed E-state index contributed by atoms with van der Waals surface area (Å²) < 4.78 is 25.5. The maximum Gasteiger partial charge on any atom is 0.255 e.